The Morgan fingerprint density at radius 1 is 1.73 bits per heavy atom. The molecule has 0 aromatic carbocycles. The Morgan fingerprint density at radius 3 is 3.18 bits per heavy atom. The van der Waals surface area contributed by atoms with Crippen molar-refractivity contribution in [3.63, 3.8) is 0 Å². The lowest BCUT2D eigenvalue weighted by Crippen LogP contribution is -2.47. The molecule has 0 spiro atoms. The zero-order valence-electron chi connectivity index (χ0n) is 6.80. The standard InChI is InChI=1S/C7H14N2OS/c1-11-6-5-9-4-2-3-8-7(9)10/h2-6H2,1H3,(H,8,10). The quantitative estimate of drug-likeness (QED) is 0.685. The molecule has 11 heavy (non-hydrogen) atoms. The van der Waals surface area contributed by atoms with Gasteiger partial charge in [-0.25, -0.2) is 4.79 Å². The molecule has 1 saturated heterocycles. The molecule has 2 amide bonds. The van der Waals surface area contributed by atoms with Crippen molar-refractivity contribution in [1.29, 1.82) is 0 Å². The number of carbonyl (C=O) groups excluding carboxylic acids is 1. The van der Waals surface area contributed by atoms with Crippen molar-refractivity contribution in [2.24, 2.45) is 0 Å². The monoisotopic (exact) mass is 174 g/mol. The van der Waals surface area contributed by atoms with Crippen LogP contribution in [-0.4, -0.2) is 42.6 Å². The minimum absolute atomic E-state index is 0.102. The van der Waals surface area contributed by atoms with Crippen LogP contribution in [0.3, 0.4) is 0 Å². The fourth-order valence-electron chi connectivity index (χ4n) is 1.09. The van der Waals surface area contributed by atoms with Crippen molar-refractivity contribution < 1.29 is 4.79 Å². The van der Waals surface area contributed by atoms with Crippen LogP contribution in [0.15, 0.2) is 0 Å². The molecule has 0 unspecified atom stereocenters. The third-order valence-electron chi connectivity index (χ3n) is 1.73. The first kappa shape index (κ1) is 8.71. The van der Waals surface area contributed by atoms with E-state index in [1.165, 1.54) is 0 Å². The van der Waals surface area contributed by atoms with Crippen LogP contribution in [0.2, 0.25) is 0 Å². The van der Waals surface area contributed by atoms with Gasteiger partial charge >= 0.3 is 6.03 Å². The average molecular weight is 174 g/mol. The van der Waals surface area contributed by atoms with Gasteiger partial charge in [-0.1, -0.05) is 0 Å². The Labute approximate surface area is 71.5 Å². The summed E-state index contributed by atoms with van der Waals surface area (Å²) in [6.45, 7) is 2.65. The van der Waals surface area contributed by atoms with Crippen molar-refractivity contribution >= 4 is 17.8 Å². The molecule has 0 aromatic rings. The van der Waals surface area contributed by atoms with Crippen LogP contribution in [0.5, 0.6) is 0 Å². The molecule has 1 rings (SSSR count). The third kappa shape index (κ3) is 2.61. The van der Waals surface area contributed by atoms with Gasteiger partial charge in [-0.2, -0.15) is 11.8 Å². The second-order valence-electron chi connectivity index (χ2n) is 2.57. The maximum absolute atomic E-state index is 11.1. The van der Waals surface area contributed by atoms with Crippen LogP contribution in [0.4, 0.5) is 4.79 Å². The first-order chi connectivity index (χ1) is 5.34. The summed E-state index contributed by atoms with van der Waals surface area (Å²) in [4.78, 5) is 13.0. The van der Waals surface area contributed by atoms with Gasteiger partial charge in [0.05, 0.1) is 0 Å². The molecule has 1 aliphatic heterocycles. The molecular formula is C7H14N2OS. The van der Waals surface area contributed by atoms with E-state index in [1.807, 2.05) is 4.90 Å². The van der Waals surface area contributed by atoms with E-state index in [0.29, 0.717) is 0 Å². The molecule has 1 heterocycles. The number of nitrogens with one attached hydrogen (secondary N) is 1. The summed E-state index contributed by atoms with van der Waals surface area (Å²) >= 11 is 1.78. The molecule has 0 saturated carbocycles. The van der Waals surface area contributed by atoms with Crippen LogP contribution < -0.4 is 5.32 Å². The van der Waals surface area contributed by atoms with E-state index >= 15 is 0 Å². The van der Waals surface area contributed by atoms with Crippen LogP contribution in [0, 0.1) is 0 Å². The Kier molecular flexibility index (Phi) is 3.56. The smallest absolute Gasteiger partial charge is 0.317 e. The molecule has 1 fully saturated rings. The molecule has 64 valence electrons. The number of hydrogen-bond donors (Lipinski definition) is 1. The maximum atomic E-state index is 11.1. The summed E-state index contributed by atoms with van der Waals surface area (Å²) in [5.74, 6) is 1.04. The zero-order chi connectivity index (χ0) is 8.10. The van der Waals surface area contributed by atoms with Gasteiger partial charge in [-0.15, -0.1) is 0 Å². The lowest BCUT2D eigenvalue weighted by Gasteiger charge is -2.26. The van der Waals surface area contributed by atoms with E-state index in [2.05, 4.69) is 11.6 Å². The normalized spacial score (nSPS) is 18.3. The van der Waals surface area contributed by atoms with Crippen molar-refractivity contribution in [2.75, 3.05) is 31.6 Å². The van der Waals surface area contributed by atoms with Gasteiger partial charge in [-0.05, 0) is 12.7 Å². The predicted molar refractivity (Wildman–Crippen MR) is 48.0 cm³/mol. The van der Waals surface area contributed by atoms with E-state index in [9.17, 15) is 4.79 Å². The number of rotatable bonds is 3. The summed E-state index contributed by atoms with van der Waals surface area (Å²) in [5.41, 5.74) is 0. The summed E-state index contributed by atoms with van der Waals surface area (Å²) in [6, 6.07) is 0.102. The highest BCUT2D eigenvalue weighted by atomic mass is 32.2. The Balaban J connectivity index is 2.24. The molecule has 1 aliphatic rings. The Bertz CT molecular complexity index is 140. The predicted octanol–water partition coefficient (Wildman–Crippen LogP) is 0.765. The van der Waals surface area contributed by atoms with Gasteiger partial charge in [0.1, 0.15) is 0 Å². The maximum Gasteiger partial charge on any atom is 0.317 e. The minimum atomic E-state index is 0.102. The van der Waals surface area contributed by atoms with Crippen molar-refractivity contribution in [3.8, 4) is 0 Å². The van der Waals surface area contributed by atoms with Gasteiger partial charge in [0, 0.05) is 25.4 Å². The molecule has 0 bridgehead atoms. The molecule has 3 nitrogen and oxygen atoms in total. The Morgan fingerprint density at radius 2 is 2.55 bits per heavy atom. The molecule has 0 aromatic heterocycles. The summed E-state index contributed by atoms with van der Waals surface area (Å²) < 4.78 is 0. The fourth-order valence-corrected chi connectivity index (χ4v) is 1.50. The lowest BCUT2D eigenvalue weighted by atomic mass is 10.3. The van der Waals surface area contributed by atoms with Crippen LogP contribution >= 0.6 is 11.8 Å². The van der Waals surface area contributed by atoms with Crippen LogP contribution in [-0.2, 0) is 0 Å². The van der Waals surface area contributed by atoms with Gasteiger partial charge in [-0.3, -0.25) is 0 Å². The number of nitrogens with zero attached hydrogens (tertiary/aromatic N) is 1. The van der Waals surface area contributed by atoms with Gasteiger partial charge in [0.15, 0.2) is 0 Å². The number of amides is 2. The van der Waals surface area contributed by atoms with Crippen LogP contribution in [0.1, 0.15) is 6.42 Å². The zero-order valence-corrected chi connectivity index (χ0v) is 7.62. The second kappa shape index (κ2) is 4.49. The van der Waals surface area contributed by atoms with Gasteiger partial charge in [0.25, 0.3) is 0 Å². The molecule has 1 N–H and O–H groups in total. The third-order valence-corrected chi connectivity index (χ3v) is 2.32. The highest BCUT2D eigenvalue weighted by Gasteiger charge is 2.15. The second-order valence-corrected chi connectivity index (χ2v) is 3.55. The highest BCUT2D eigenvalue weighted by Crippen LogP contribution is 2.01. The number of hydrogen-bond acceptors (Lipinski definition) is 2. The largest absolute Gasteiger partial charge is 0.338 e. The fraction of sp³-hybridized carbons (Fsp3) is 0.857. The topological polar surface area (TPSA) is 32.3 Å². The average Bonchev–Trinajstić information content (AvgIpc) is 2.03. The SMILES string of the molecule is CSCCN1CCCNC1=O. The van der Waals surface area contributed by atoms with E-state index in [0.717, 1.165) is 31.8 Å². The number of carbonyl (C=O) groups is 1. The van der Waals surface area contributed by atoms with Crippen LogP contribution in [0.25, 0.3) is 0 Å². The van der Waals surface area contributed by atoms with Crippen molar-refractivity contribution in [2.45, 2.75) is 6.42 Å². The summed E-state index contributed by atoms with van der Waals surface area (Å²) in [6.07, 6.45) is 3.14. The van der Waals surface area contributed by atoms with E-state index < -0.39 is 0 Å². The van der Waals surface area contributed by atoms with E-state index in [4.69, 9.17) is 0 Å². The minimum Gasteiger partial charge on any atom is -0.338 e. The van der Waals surface area contributed by atoms with E-state index in [1.54, 1.807) is 11.8 Å². The molecule has 0 aliphatic carbocycles. The summed E-state index contributed by atoms with van der Waals surface area (Å²) in [7, 11) is 0. The van der Waals surface area contributed by atoms with Gasteiger partial charge in [0.2, 0.25) is 0 Å². The Hall–Kier alpha value is -0.380. The van der Waals surface area contributed by atoms with Gasteiger partial charge < -0.3 is 10.2 Å². The number of thioether (sulfide) groups is 1. The molecule has 0 atom stereocenters. The van der Waals surface area contributed by atoms with Crippen molar-refractivity contribution in [3.05, 3.63) is 0 Å². The highest BCUT2D eigenvalue weighted by molar-refractivity contribution is 7.98. The van der Waals surface area contributed by atoms with E-state index in [-0.39, 0.29) is 6.03 Å². The first-order valence-electron chi connectivity index (χ1n) is 3.86. The summed E-state index contributed by atoms with van der Waals surface area (Å²) in [5, 5.41) is 2.82. The molecular weight excluding hydrogens is 160 g/mol. The molecule has 0 radical (unpaired) electrons. The number of urea groups is 1. The molecule has 4 heteroatoms. The first-order valence-corrected chi connectivity index (χ1v) is 5.25. The lowest BCUT2D eigenvalue weighted by molar-refractivity contribution is 0.190. The van der Waals surface area contributed by atoms with Crippen molar-refractivity contribution in [1.82, 2.24) is 10.2 Å².